The zero-order valence-electron chi connectivity index (χ0n) is 15.0. The first kappa shape index (κ1) is 17.1. The fourth-order valence-electron chi connectivity index (χ4n) is 3.41. The highest BCUT2D eigenvalue weighted by molar-refractivity contribution is 5.94. The second kappa shape index (κ2) is 7.95. The molecule has 0 spiro atoms. The smallest absolute Gasteiger partial charge is 0.253 e. The van der Waals surface area contributed by atoms with Crippen molar-refractivity contribution >= 4 is 17.5 Å². The van der Waals surface area contributed by atoms with Crippen LogP contribution in [-0.4, -0.2) is 38.8 Å². The fourth-order valence-corrected chi connectivity index (χ4v) is 3.41. The number of carbonyl (C=O) groups excluding carboxylic acids is 1. The maximum absolute atomic E-state index is 12.8. The van der Waals surface area contributed by atoms with Crippen LogP contribution in [0.3, 0.4) is 0 Å². The number of rotatable bonds is 4. The molecule has 0 radical (unpaired) electrons. The summed E-state index contributed by atoms with van der Waals surface area (Å²) in [5, 5.41) is 3.18. The van der Waals surface area contributed by atoms with Crippen molar-refractivity contribution in [2.75, 3.05) is 18.4 Å². The van der Waals surface area contributed by atoms with Gasteiger partial charge in [0, 0.05) is 42.7 Å². The van der Waals surface area contributed by atoms with Crippen LogP contribution in [0.1, 0.15) is 34.8 Å². The summed E-state index contributed by atoms with van der Waals surface area (Å²) in [5.41, 5.74) is 1.73. The Morgan fingerprint density at radius 2 is 1.93 bits per heavy atom. The fraction of sp³-hybridized carbons (Fsp3) is 0.238. The molecule has 1 aliphatic heterocycles. The Bertz CT molecular complexity index is 901. The normalized spacial score (nSPS) is 16.7. The molecule has 1 amide bonds. The highest BCUT2D eigenvalue weighted by Gasteiger charge is 2.26. The van der Waals surface area contributed by atoms with Crippen molar-refractivity contribution in [2.45, 2.75) is 18.8 Å². The first-order valence-electron chi connectivity index (χ1n) is 9.14. The molecule has 3 aromatic rings. The molecule has 4 rings (SSSR count). The zero-order chi connectivity index (χ0) is 18.5. The molecule has 1 aromatic carbocycles. The van der Waals surface area contributed by atoms with Gasteiger partial charge in [-0.25, -0.2) is 9.97 Å². The summed E-state index contributed by atoms with van der Waals surface area (Å²) < 4.78 is 0. The Kier molecular flexibility index (Phi) is 5.05. The molecule has 1 aliphatic rings. The van der Waals surface area contributed by atoms with Crippen LogP contribution in [0.5, 0.6) is 0 Å². The number of hydrogen-bond acceptors (Lipinski definition) is 5. The number of carbonyl (C=O) groups is 1. The molecule has 3 heterocycles. The largest absolute Gasteiger partial charge is 0.338 e. The highest BCUT2D eigenvalue weighted by atomic mass is 16.2. The Labute approximate surface area is 158 Å². The van der Waals surface area contributed by atoms with Gasteiger partial charge in [0.2, 0.25) is 0 Å². The standard InChI is InChI=1S/C21H21N5O/c27-21(16-6-2-1-3-7-16)26-13-5-8-17(15-26)18-9-4-10-19(24-18)25-20-14-22-11-12-23-20/h1-4,6-7,9-12,14,17H,5,8,13,15H2,(H,23,24,25)/t17-/m0/s1. The molecule has 6 nitrogen and oxygen atoms in total. The molecule has 0 saturated carbocycles. The third-order valence-corrected chi connectivity index (χ3v) is 4.74. The lowest BCUT2D eigenvalue weighted by Gasteiger charge is -2.32. The summed E-state index contributed by atoms with van der Waals surface area (Å²) in [5.74, 6) is 1.72. The number of anilines is 2. The lowest BCUT2D eigenvalue weighted by Crippen LogP contribution is -2.39. The van der Waals surface area contributed by atoms with Crippen LogP contribution >= 0.6 is 0 Å². The number of hydrogen-bond donors (Lipinski definition) is 1. The average molecular weight is 359 g/mol. The van der Waals surface area contributed by atoms with Crippen LogP contribution in [0, 0.1) is 0 Å². The molecule has 1 saturated heterocycles. The van der Waals surface area contributed by atoms with Gasteiger partial charge < -0.3 is 10.2 Å². The van der Waals surface area contributed by atoms with Crippen LogP contribution in [0.4, 0.5) is 11.6 Å². The lowest BCUT2D eigenvalue weighted by atomic mass is 9.93. The number of nitrogens with zero attached hydrogens (tertiary/aromatic N) is 4. The van der Waals surface area contributed by atoms with E-state index in [1.165, 1.54) is 0 Å². The third-order valence-electron chi connectivity index (χ3n) is 4.74. The van der Waals surface area contributed by atoms with E-state index in [4.69, 9.17) is 4.98 Å². The van der Waals surface area contributed by atoms with Crippen LogP contribution in [0.25, 0.3) is 0 Å². The Hall–Kier alpha value is -3.28. The Balaban J connectivity index is 1.48. The predicted molar refractivity (Wildman–Crippen MR) is 104 cm³/mol. The summed E-state index contributed by atoms with van der Waals surface area (Å²) in [6.07, 6.45) is 6.94. The van der Waals surface area contributed by atoms with Gasteiger partial charge in [-0.05, 0) is 37.1 Å². The summed E-state index contributed by atoms with van der Waals surface area (Å²) in [6, 6.07) is 15.4. The van der Waals surface area contributed by atoms with E-state index in [1.807, 2.05) is 53.4 Å². The van der Waals surface area contributed by atoms with Crippen molar-refractivity contribution in [3.05, 3.63) is 78.4 Å². The summed E-state index contributed by atoms with van der Waals surface area (Å²) in [4.78, 5) is 27.7. The van der Waals surface area contributed by atoms with E-state index in [1.54, 1.807) is 18.6 Å². The van der Waals surface area contributed by atoms with Crippen LogP contribution in [-0.2, 0) is 0 Å². The number of piperidine rings is 1. The third kappa shape index (κ3) is 4.11. The molecule has 1 N–H and O–H groups in total. The minimum absolute atomic E-state index is 0.0918. The maximum atomic E-state index is 12.8. The van der Waals surface area contributed by atoms with Crippen molar-refractivity contribution < 1.29 is 4.79 Å². The predicted octanol–water partition coefficient (Wildman–Crippen LogP) is 3.64. The van der Waals surface area contributed by atoms with E-state index >= 15 is 0 Å². The molecule has 27 heavy (non-hydrogen) atoms. The van der Waals surface area contributed by atoms with E-state index in [9.17, 15) is 4.79 Å². The second-order valence-electron chi connectivity index (χ2n) is 6.62. The van der Waals surface area contributed by atoms with E-state index in [0.717, 1.165) is 36.5 Å². The van der Waals surface area contributed by atoms with Crippen molar-refractivity contribution in [2.24, 2.45) is 0 Å². The number of benzene rings is 1. The topological polar surface area (TPSA) is 71.0 Å². The first-order chi connectivity index (χ1) is 13.3. The quantitative estimate of drug-likeness (QED) is 0.770. The summed E-state index contributed by atoms with van der Waals surface area (Å²) >= 11 is 0. The number of pyridine rings is 1. The maximum Gasteiger partial charge on any atom is 0.253 e. The van der Waals surface area contributed by atoms with Crippen LogP contribution in [0.15, 0.2) is 67.1 Å². The van der Waals surface area contributed by atoms with Gasteiger partial charge >= 0.3 is 0 Å². The second-order valence-corrected chi connectivity index (χ2v) is 6.62. The summed E-state index contributed by atoms with van der Waals surface area (Å²) in [6.45, 7) is 1.48. The highest BCUT2D eigenvalue weighted by Crippen LogP contribution is 2.27. The monoisotopic (exact) mass is 359 g/mol. The molecule has 0 aliphatic carbocycles. The molecule has 136 valence electrons. The van der Waals surface area contributed by atoms with Gasteiger partial charge in [-0.1, -0.05) is 24.3 Å². The van der Waals surface area contributed by atoms with E-state index in [0.29, 0.717) is 12.4 Å². The molecule has 1 atom stereocenters. The van der Waals surface area contributed by atoms with Crippen molar-refractivity contribution in [1.29, 1.82) is 0 Å². The van der Waals surface area contributed by atoms with E-state index < -0.39 is 0 Å². The Morgan fingerprint density at radius 1 is 1.04 bits per heavy atom. The number of amides is 1. The summed E-state index contributed by atoms with van der Waals surface area (Å²) in [7, 11) is 0. The molecule has 0 bridgehead atoms. The molecular formula is C21H21N5O. The van der Waals surface area contributed by atoms with Gasteiger partial charge in [0.15, 0.2) is 0 Å². The van der Waals surface area contributed by atoms with Gasteiger partial charge in [0.05, 0.1) is 6.20 Å². The van der Waals surface area contributed by atoms with E-state index in [-0.39, 0.29) is 11.8 Å². The van der Waals surface area contributed by atoms with Crippen molar-refractivity contribution in [3.8, 4) is 0 Å². The van der Waals surface area contributed by atoms with Gasteiger partial charge in [0.25, 0.3) is 5.91 Å². The first-order valence-corrected chi connectivity index (χ1v) is 9.14. The van der Waals surface area contributed by atoms with Crippen molar-refractivity contribution in [3.63, 3.8) is 0 Å². The molecule has 6 heteroatoms. The SMILES string of the molecule is O=C(c1ccccc1)N1CCC[C@H](c2cccc(Nc3cnccn3)n2)C1. The van der Waals surface area contributed by atoms with Gasteiger partial charge in [-0.3, -0.25) is 9.78 Å². The van der Waals surface area contributed by atoms with Crippen molar-refractivity contribution in [1.82, 2.24) is 19.9 Å². The van der Waals surface area contributed by atoms with Crippen LogP contribution in [0.2, 0.25) is 0 Å². The molecular weight excluding hydrogens is 338 g/mol. The van der Waals surface area contributed by atoms with E-state index in [2.05, 4.69) is 15.3 Å². The zero-order valence-corrected chi connectivity index (χ0v) is 15.0. The average Bonchev–Trinajstić information content (AvgIpc) is 2.75. The molecule has 2 aromatic heterocycles. The Morgan fingerprint density at radius 3 is 2.74 bits per heavy atom. The number of aromatic nitrogens is 3. The van der Waals surface area contributed by atoms with Gasteiger partial charge in [-0.15, -0.1) is 0 Å². The molecule has 0 unspecified atom stereocenters. The number of likely N-dealkylation sites (tertiary alicyclic amines) is 1. The minimum atomic E-state index is 0.0918. The van der Waals surface area contributed by atoms with Gasteiger partial charge in [0.1, 0.15) is 11.6 Å². The minimum Gasteiger partial charge on any atom is -0.338 e. The number of nitrogens with one attached hydrogen (secondary N) is 1. The van der Waals surface area contributed by atoms with Gasteiger partial charge in [-0.2, -0.15) is 0 Å². The molecule has 1 fully saturated rings. The van der Waals surface area contributed by atoms with Crippen LogP contribution < -0.4 is 5.32 Å². The lowest BCUT2D eigenvalue weighted by molar-refractivity contribution is 0.0706.